The predicted molar refractivity (Wildman–Crippen MR) is 122 cm³/mol. The molecule has 0 radical (unpaired) electrons. The third kappa shape index (κ3) is 6.36. The van der Waals surface area contributed by atoms with Crippen molar-refractivity contribution in [2.45, 2.75) is 38.8 Å². The second kappa shape index (κ2) is 11.0. The van der Waals surface area contributed by atoms with Crippen molar-refractivity contribution in [2.24, 2.45) is 5.92 Å². The molecule has 0 aromatic heterocycles. The highest BCUT2D eigenvalue weighted by molar-refractivity contribution is 5.76. The molecule has 2 aliphatic heterocycles. The smallest absolute Gasteiger partial charge is 0.222 e. The first-order valence-corrected chi connectivity index (χ1v) is 11.8. The lowest BCUT2D eigenvalue weighted by Gasteiger charge is -2.36. The number of piperidine rings is 1. The number of amides is 1. The minimum absolute atomic E-state index is 0.266. The standard InChI is InChI=1S/C26H33F2N3O/c27-24-10-8-23(17-25(24)28)20-30-12-4-7-22(19-30)9-11-26(32)31-15-13-29(14-16-31)18-21-5-2-1-3-6-21/h1-3,5-6,8,10,17,22H,4,7,9,11-16,18-20H2/t22-/m0/s1. The van der Waals surface area contributed by atoms with Crippen LogP contribution >= 0.6 is 0 Å². The number of rotatable bonds is 7. The number of halogens is 2. The molecule has 32 heavy (non-hydrogen) atoms. The van der Waals surface area contributed by atoms with Crippen LogP contribution in [-0.2, 0) is 17.9 Å². The van der Waals surface area contributed by atoms with Crippen LogP contribution in [0.3, 0.4) is 0 Å². The average Bonchev–Trinajstić information content (AvgIpc) is 2.81. The Morgan fingerprint density at radius 3 is 2.34 bits per heavy atom. The summed E-state index contributed by atoms with van der Waals surface area (Å²) in [7, 11) is 0. The molecule has 0 unspecified atom stereocenters. The summed E-state index contributed by atoms with van der Waals surface area (Å²) in [4.78, 5) is 19.5. The van der Waals surface area contributed by atoms with E-state index in [9.17, 15) is 13.6 Å². The second-order valence-electron chi connectivity index (χ2n) is 9.17. The van der Waals surface area contributed by atoms with Crippen LogP contribution in [0.2, 0.25) is 0 Å². The molecule has 0 saturated carbocycles. The number of carbonyl (C=O) groups is 1. The first kappa shape index (κ1) is 22.9. The van der Waals surface area contributed by atoms with Gasteiger partial charge in [0, 0.05) is 52.2 Å². The van der Waals surface area contributed by atoms with E-state index in [2.05, 4.69) is 34.1 Å². The van der Waals surface area contributed by atoms with E-state index < -0.39 is 11.6 Å². The quantitative estimate of drug-likeness (QED) is 0.641. The van der Waals surface area contributed by atoms with E-state index >= 15 is 0 Å². The van der Waals surface area contributed by atoms with Crippen molar-refractivity contribution in [3.05, 3.63) is 71.3 Å². The normalized spacial score (nSPS) is 20.4. The van der Waals surface area contributed by atoms with Gasteiger partial charge in [0.1, 0.15) is 0 Å². The van der Waals surface area contributed by atoms with Crippen molar-refractivity contribution in [2.75, 3.05) is 39.3 Å². The van der Waals surface area contributed by atoms with E-state index in [1.54, 1.807) is 6.07 Å². The Labute approximate surface area is 189 Å². The van der Waals surface area contributed by atoms with Gasteiger partial charge in [-0.1, -0.05) is 36.4 Å². The van der Waals surface area contributed by atoms with Crippen LogP contribution in [0, 0.1) is 17.6 Å². The van der Waals surface area contributed by atoms with E-state index in [0.717, 1.165) is 70.6 Å². The Morgan fingerprint density at radius 2 is 1.59 bits per heavy atom. The lowest BCUT2D eigenvalue weighted by atomic mass is 9.92. The number of benzene rings is 2. The van der Waals surface area contributed by atoms with Crippen LogP contribution in [0.1, 0.15) is 36.8 Å². The largest absolute Gasteiger partial charge is 0.340 e. The lowest BCUT2D eigenvalue weighted by Crippen LogP contribution is -2.48. The molecule has 0 spiro atoms. The maximum Gasteiger partial charge on any atom is 0.222 e. The first-order chi connectivity index (χ1) is 15.6. The van der Waals surface area contributed by atoms with Gasteiger partial charge in [0.2, 0.25) is 5.91 Å². The van der Waals surface area contributed by atoms with Crippen LogP contribution in [0.5, 0.6) is 0 Å². The first-order valence-electron chi connectivity index (χ1n) is 11.8. The molecule has 2 heterocycles. The van der Waals surface area contributed by atoms with Gasteiger partial charge in [-0.3, -0.25) is 14.6 Å². The SMILES string of the molecule is O=C(CC[C@@H]1CCCN(Cc2ccc(F)c(F)c2)C1)N1CCN(Cc2ccccc2)CC1. The summed E-state index contributed by atoms with van der Waals surface area (Å²) in [6.45, 7) is 6.91. The van der Waals surface area contributed by atoms with Gasteiger partial charge in [-0.05, 0) is 55.0 Å². The molecule has 0 aliphatic carbocycles. The fourth-order valence-corrected chi connectivity index (χ4v) is 4.91. The van der Waals surface area contributed by atoms with Gasteiger partial charge >= 0.3 is 0 Å². The monoisotopic (exact) mass is 441 g/mol. The predicted octanol–water partition coefficient (Wildman–Crippen LogP) is 4.30. The van der Waals surface area contributed by atoms with Crippen molar-refractivity contribution in [3.8, 4) is 0 Å². The topological polar surface area (TPSA) is 26.8 Å². The Morgan fingerprint density at radius 1 is 0.844 bits per heavy atom. The number of likely N-dealkylation sites (tertiary alicyclic amines) is 1. The summed E-state index contributed by atoms with van der Waals surface area (Å²) < 4.78 is 26.7. The number of nitrogens with zero attached hydrogens (tertiary/aromatic N) is 3. The molecule has 6 heteroatoms. The highest BCUT2D eigenvalue weighted by atomic mass is 19.2. The molecule has 0 N–H and O–H groups in total. The van der Waals surface area contributed by atoms with Gasteiger partial charge < -0.3 is 4.90 Å². The number of hydrogen-bond donors (Lipinski definition) is 0. The minimum atomic E-state index is -0.801. The zero-order valence-electron chi connectivity index (χ0n) is 18.7. The van der Waals surface area contributed by atoms with Crippen LogP contribution in [0.15, 0.2) is 48.5 Å². The van der Waals surface area contributed by atoms with Crippen LogP contribution < -0.4 is 0 Å². The van der Waals surface area contributed by atoms with Crippen molar-refractivity contribution >= 4 is 5.91 Å². The highest BCUT2D eigenvalue weighted by Crippen LogP contribution is 2.23. The van der Waals surface area contributed by atoms with Crippen molar-refractivity contribution < 1.29 is 13.6 Å². The third-order valence-electron chi connectivity index (χ3n) is 6.73. The lowest BCUT2D eigenvalue weighted by molar-refractivity contribution is -0.133. The number of hydrogen-bond acceptors (Lipinski definition) is 3. The maximum absolute atomic E-state index is 13.5. The molecule has 2 aliphatic rings. The van der Waals surface area contributed by atoms with Gasteiger partial charge in [-0.25, -0.2) is 8.78 Å². The van der Waals surface area contributed by atoms with Crippen molar-refractivity contribution in [3.63, 3.8) is 0 Å². The van der Waals surface area contributed by atoms with E-state index in [0.29, 0.717) is 18.9 Å². The third-order valence-corrected chi connectivity index (χ3v) is 6.73. The Hall–Kier alpha value is -2.31. The number of piperazine rings is 1. The Kier molecular flexibility index (Phi) is 7.87. The molecule has 1 amide bonds. The van der Waals surface area contributed by atoms with E-state index in [1.165, 1.54) is 17.7 Å². The van der Waals surface area contributed by atoms with E-state index in [1.807, 2.05) is 11.0 Å². The summed E-state index contributed by atoms with van der Waals surface area (Å²) in [5.41, 5.74) is 2.12. The summed E-state index contributed by atoms with van der Waals surface area (Å²) in [5, 5.41) is 0. The molecule has 2 fully saturated rings. The van der Waals surface area contributed by atoms with Gasteiger partial charge in [0.25, 0.3) is 0 Å². The molecular formula is C26H33F2N3O. The molecule has 2 aromatic carbocycles. The fraction of sp³-hybridized carbons (Fsp3) is 0.500. The highest BCUT2D eigenvalue weighted by Gasteiger charge is 2.24. The molecule has 0 bridgehead atoms. The minimum Gasteiger partial charge on any atom is -0.340 e. The molecule has 172 valence electrons. The van der Waals surface area contributed by atoms with E-state index in [-0.39, 0.29) is 5.91 Å². The van der Waals surface area contributed by atoms with Crippen LogP contribution in [-0.4, -0.2) is 59.9 Å². The summed E-state index contributed by atoms with van der Waals surface area (Å²) in [5.74, 6) is -0.838. The maximum atomic E-state index is 13.5. The molecule has 4 rings (SSSR count). The fourth-order valence-electron chi connectivity index (χ4n) is 4.91. The summed E-state index contributed by atoms with van der Waals surface area (Å²) >= 11 is 0. The summed E-state index contributed by atoms with van der Waals surface area (Å²) in [6.07, 6.45) is 3.72. The van der Waals surface area contributed by atoms with E-state index in [4.69, 9.17) is 0 Å². The average molecular weight is 442 g/mol. The number of carbonyl (C=O) groups excluding carboxylic acids is 1. The molecule has 2 saturated heterocycles. The molecule has 2 aromatic rings. The molecule has 1 atom stereocenters. The van der Waals surface area contributed by atoms with Crippen LogP contribution in [0.4, 0.5) is 8.78 Å². The molecular weight excluding hydrogens is 408 g/mol. The van der Waals surface area contributed by atoms with Crippen LogP contribution in [0.25, 0.3) is 0 Å². The van der Waals surface area contributed by atoms with Gasteiger partial charge in [-0.15, -0.1) is 0 Å². The van der Waals surface area contributed by atoms with Gasteiger partial charge in [0.15, 0.2) is 11.6 Å². The molecule has 4 nitrogen and oxygen atoms in total. The van der Waals surface area contributed by atoms with Gasteiger partial charge in [-0.2, -0.15) is 0 Å². The summed E-state index contributed by atoms with van der Waals surface area (Å²) in [6, 6.07) is 14.6. The zero-order valence-corrected chi connectivity index (χ0v) is 18.7. The zero-order chi connectivity index (χ0) is 22.3. The Bertz CT molecular complexity index is 884. The Balaban J connectivity index is 1.18. The second-order valence-corrected chi connectivity index (χ2v) is 9.17. The van der Waals surface area contributed by atoms with Gasteiger partial charge in [0.05, 0.1) is 0 Å². The van der Waals surface area contributed by atoms with Crippen molar-refractivity contribution in [1.82, 2.24) is 14.7 Å². The van der Waals surface area contributed by atoms with Crippen molar-refractivity contribution in [1.29, 1.82) is 0 Å².